The van der Waals surface area contributed by atoms with Crippen LogP contribution in [0.3, 0.4) is 0 Å². The van der Waals surface area contributed by atoms with Crippen molar-refractivity contribution in [2.45, 2.75) is 58.3 Å². The zero-order valence-corrected chi connectivity index (χ0v) is 22.4. The predicted octanol–water partition coefficient (Wildman–Crippen LogP) is 8.77. The molecule has 0 saturated carbocycles. The van der Waals surface area contributed by atoms with Crippen molar-refractivity contribution in [1.82, 2.24) is 0 Å². The minimum absolute atomic E-state index is 0.0389. The van der Waals surface area contributed by atoms with E-state index in [4.69, 9.17) is 16.6 Å². The van der Waals surface area contributed by atoms with Gasteiger partial charge < -0.3 is 4.90 Å². The fourth-order valence-corrected chi connectivity index (χ4v) is 6.18. The molecule has 2 aromatic rings. The second kappa shape index (κ2) is 8.68. The molecule has 3 heteroatoms. The van der Waals surface area contributed by atoms with Gasteiger partial charge in [0.05, 0.1) is 11.4 Å². The minimum atomic E-state index is -0.100. The highest BCUT2D eigenvalue weighted by atomic mass is 35.5. The number of fused-ring (bicyclic) bond motifs is 2. The molecule has 1 aliphatic carbocycles. The summed E-state index contributed by atoms with van der Waals surface area (Å²) >= 11 is 7.02. The van der Waals surface area contributed by atoms with Crippen LogP contribution in [-0.2, 0) is 10.8 Å². The summed E-state index contributed by atoms with van der Waals surface area (Å²) in [6.07, 6.45) is 10.9. The maximum absolute atomic E-state index is 7.02. The van der Waals surface area contributed by atoms with Crippen LogP contribution in [0.5, 0.6) is 0 Å². The quantitative estimate of drug-likeness (QED) is 0.426. The van der Waals surface area contributed by atoms with E-state index in [2.05, 4.69) is 119 Å². The number of para-hydroxylation sites is 2. The zero-order chi connectivity index (χ0) is 25.0. The van der Waals surface area contributed by atoms with Crippen molar-refractivity contribution in [1.29, 1.82) is 0 Å². The van der Waals surface area contributed by atoms with Crippen molar-refractivity contribution in [2.24, 2.45) is 10.9 Å². The number of allylic oxidation sites excluding steroid dienone is 8. The molecule has 0 saturated heterocycles. The minimum Gasteiger partial charge on any atom is -0.347 e. The molecule has 0 bridgehead atoms. The topological polar surface area (TPSA) is 15.6 Å². The third kappa shape index (κ3) is 4.02. The fourth-order valence-electron chi connectivity index (χ4n) is 5.90. The lowest BCUT2D eigenvalue weighted by atomic mass is 9.80. The average Bonchev–Trinajstić information content (AvgIpc) is 3.20. The molecular formula is C32H35ClN2. The van der Waals surface area contributed by atoms with Crippen LogP contribution in [0, 0.1) is 5.92 Å². The van der Waals surface area contributed by atoms with Gasteiger partial charge >= 0.3 is 0 Å². The van der Waals surface area contributed by atoms with Crippen LogP contribution in [0.2, 0.25) is 0 Å². The Labute approximate surface area is 215 Å². The van der Waals surface area contributed by atoms with E-state index in [1.54, 1.807) is 0 Å². The van der Waals surface area contributed by atoms with E-state index in [1.807, 2.05) is 0 Å². The van der Waals surface area contributed by atoms with Crippen LogP contribution in [0.15, 0.2) is 99.7 Å². The molecule has 2 nitrogen and oxygen atoms in total. The highest BCUT2D eigenvalue weighted by Crippen LogP contribution is 2.47. The lowest BCUT2D eigenvalue weighted by Crippen LogP contribution is -2.23. The van der Waals surface area contributed by atoms with Gasteiger partial charge in [-0.1, -0.05) is 94.8 Å². The summed E-state index contributed by atoms with van der Waals surface area (Å²) < 4.78 is 0. The highest BCUT2D eigenvalue weighted by Gasteiger charge is 2.38. The maximum atomic E-state index is 7.02. The third-order valence-electron chi connectivity index (χ3n) is 7.98. The first-order valence-electron chi connectivity index (χ1n) is 12.6. The Morgan fingerprint density at radius 3 is 2.29 bits per heavy atom. The van der Waals surface area contributed by atoms with Crippen LogP contribution in [0.25, 0.3) is 0 Å². The number of anilines is 1. The molecule has 0 amide bonds. The first kappa shape index (κ1) is 23.9. The number of likely N-dealkylation sites (N-methyl/N-ethyl adjacent to an activating group) is 1. The Kier molecular flexibility index (Phi) is 5.92. The Morgan fingerprint density at radius 1 is 0.886 bits per heavy atom. The predicted molar refractivity (Wildman–Crippen MR) is 151 cm³/mol. The Morgan fingerprint density at radius 2 is 1.57 bits per heavy atom. The van der Waals surface area contributed by atoms with Crippen molar-refractivity contribution in [3.63, 3.8) is 0 Å². The number of hydrogen-bond acceptors (Lipinski definition) is 2. The van der Waals surface area contributed by atoms with Gasteiger partial charge in [-0.05, 0) is 65.3 Å². The molecule has 0 fully saturated rings. The van der Waals surface area contributed by atoms with Crippen LogP contribution < -0.4 is 4.90 Å². The molecule has 0 aromatic heterocycles. The molecule has 2 aromatic carbocycles. The fraction of sp³-hybridized carbons (Fsp3) is 0.344. The molecule has 2 heterocycles. The van der Waals surface area contributed by atoms with Gasteiger partial charge in [0.2, 0.25) is 0 Å². The van der Waals surface area contributed by atoms with E-state index in [-0.39, 0.29) is 10.8 Å². The summed E-state index contributed by atoms with van der Waals surface area (Å²) in [6, 6.07) is 17.1. The first-order valence-corrected chi connectivity index (χ1v) is 13.0. The van der Waals surface area contributed by atoms with Gasteiger partial charge in [0.1, 0.15) is 0 Å². The van der Waals surface area contributed by atoms with Crippen molar-refractivity contribution >= 4 is 28.7 Å². The molecule has 0 N–H and O–H groups in total. The van der Waals surface area contributed by atoms with E-state index < -0.39 is 0 Å². The van der Waals surface area contributed by atoms with Crippen molar-refractivity contribution in [2.75, 3.05) is 11.9 Å². The normalized spacial score (nSPS) is 24.9. The lowest BCUT2D eigenvalue weighted by Gasteiger charge is -2.25. The van der Waals surface area contributed by atoms with E-state index in [0.717, 1.165) is 29.3 Å². The second-order valence-electron chi connectivity index (χ2n) is 11.3. The molecule has 1 unspecified atom stereocenters. The van der Waals surface area contributed by atoms with Crippen LogP contribution >= 0.6 is 11.6 Å². The number of halogens is 1. The molecule has 5 rings (SSSR count). The Bertz CT molecular complexity index is 1330. The molecule has 0 radical (unpaired) electrons. The van der Waals surface area contributed by atoms with E-state index in [0.29, 0.717) is 5.92 Å². The summed E-state index contributed by atoms with van der Waals surface area (Å²) in [5.41, 5.74) is 9.68. The molecule has 35 heavy (non-hydrogen) atoms. The van der Waals surface area contributed by atoms with Crippen molar-refractivity contribution in [3.8, 4) is 0 Å². The van der Waals surface area contributed by atoms with Crippen LogP contribution in [0.1, 0.15) is 58.6 Å². The van der Waals surface area contributed by atoms with Gasteiger partial charge in [0, 0.05) is 34.3 Å². The number of benzene rings is 2. The van der Waals surface area contributed by atoms with Crippen molar-refractivity contribution in [3.05, 3.63) is 106 Å². The molecule has 180 valence electrons. The van der Waals surface area contributed by atoms with Gasteiger partial charge in [0.25, 0.3) is 0 Å². The Balaban J connectivity index is 1.46. The summed E-state index contributed by atoms with van der Waals surface area (Å²) in [4.78, 5) is 7.23. The summed E-state index contributed by atoms with van der Waals surface area (Å²) in [5.74, 6) is 0.545. The molecule has 1 atom stereocenters. The summed E-state index contributed by atoms with van der Waals surface area (Å²) in [5, 5.41) is 0.890. The molecule has 3 aliphatic rings. The monoisotopic (exact) mass is 482 g/mol. The second-order valence-corrected chi connectivity index (χ2v) is 11.6. The van der Waals surface area contributed by atoms with Crippen molar-refractivity contribution < 1.29 is 0 Å². The lowest BCUT2D eigenvalue weighted by molar-refractivity contribution is 0.563. The Hall–Kier alpha value is -2.84. The van der Waals surface area contributed by atoms with Gasteiger partial charge in [-0.3, -0.25) is 4.99 Å². The number of rotatable bonds is 3. The van der Waals surface area contributed by atoms with Crippen LogP contribution in [0.4, 0.5) is 11.4 Å². The van der Waals surface area contributed by atoms with E-state index in [9.17, 15) is 0 Å². The van der Waals surface area contributed by atoms with Crippen LogP contribution in [-0.4, -0.2) is 12.8 Å². The number of aliphatic imine (C=N–C) groups is 1. The van der Waals surface area contributed by atoms with Gasteiger partial charge in [0.15, 0.2) is 0 Å². The maximum Gasteiger partial charge on any atom is 0.0674 e. The molecule has 0 spiro atoms. The first-order chi connectivity index (χ1) is 16.6. The zero-order valence-electron chi connectivity index (χ0n) is 21.7. The largest absolute Gasteiger partial charge is 0.347 e. The SMILES string of the molecule is CC1CC(/C=C/C2=Nc3ccccc3C2(C)C)=C(Cl)C(=C/C=C2/N(C)c3ccccc3C2(C)C)/C1. The number of hydrogen-bond donors (Lipinski definition) is 0. The molecular weight excluding hydrogens is 448 g/mol. The smallest absolute Gasteiger partial charge is 0.0674 e. The van der Waals surface area contributed by atoms with Gasteiger partial charge in [-0.15, -0.1) is 0 Å². The molecule has 2 aliphatic heterocycles. The van der Waals surface area contributed by atoms with E-state index >= 15 is 0 Å². The average molecular weight is 483 g/mol. The highest BCUT2D eigenvalue weighted by molar-refractivity contribution is 6.32. The third-order valence-corrected chi connectivity index (χ3v) is 8.47. The standard InChI is InChI=1S/C32H35ClN2/c1-21-19-22(15-17-28-31(2,3)24-11-7-9-13-26(24)34-28)30(33)23(20-21)16-18-29-32(4,5)25-12-8-10-14-27(25)35(29)6/h7-18,21H,19-20H2,1-6H3/b17-15+,23-16+,29-18+. The van der Waals surface area contributed by atoms with Gasteiger partial charge in [-0.25, -0.2) is 0 Å². The van der Waals surface area contributed by atoms with Gasteiger partial charge in [-0.2, -0.15) is 0 Å². The number of nitrogens with zero attached hydrogens (tertiary/aromatic N) is 2. The summed E-state index contributed by atoms with van der Waals surface area (Å²) in [7, 11) is 2.16. The van der Waals surface area contributed by atoms with E-state index in [1.165, 1.54) is 33.7 Å². The summed E-state index contributed by atoms with van der Waals surface area (Å²) in [6.45, 7) is 11.4.